The van der Waals surface area contributed by atoms with Crippen LogP contribution in [-0.2, 0) is 11.3 Å². The summed E-state index contributed by atoms with van der Waals surface area (Å²) in [4.78, 5) is 33.1. The average molecular weight is 454 g/mol. The number of nitrogens with one attached hydrogen (secondary N) is 1. The fourth-order valence-corrected chi connectivity index (χ4v) is 4.70. The minimum Gasteiger partial charge on any atom is -0.355 e. The summed E-state index contributed by atoms with van der Waals surface area (Å²) >= 11 is 1.51. The molecule has 1 aliphatic heterocycles. The van der Waals surface area contributed by atoms with E-state index in [0.29, 0.717) is 36.6 Å². The molecule has 3 heterocycles. The molecule has 3 aromatic rings. The Morgan fingerprint density at radius 3 is 2.81 bits per heavy atom. The van der Waals surface area contributed by atoms with Crippen LogP contribution in [0.15, 0.2) is 30.5 Å². The number of carbonyl (C=O) groups excluding carboxylic acids is 2. The monoisotopic (exact) mass is 453 g/mol. The highest BCUT2D eigenvalue weighted by atomic mass is 32.1. The van der Waals surface area contributed by atoms with Gasteiger partial charge in [-0.05, 0) is 33.3 Å². The Hall–Kier alpha value is -3.04. The molecule has 0 spiro atoms. The Labute approximate surface area is 191 Å². The molecule has 168 valence electrons. The Bertz CT molecular complexity index is 1150. The van der Waals surface area contributed by atoms with Crippen molar-refractivity contribution in [2.45, 2.75) is 40.5 Å². The molecule has 1 aliphatic rings. The van der Waals surface area contributed by atoms with Gasteiger partial charge in [-0.25, -0.2) is 4.98 Å². The van der Waals surface area contributed by atoms with Crippen molar-refractivity contribution in [1.29, 1.82) is 0 Å². The summed E-state index contributed by atoms with van der Waals surface area (Å²) in [7, 11) is 0. The van der Waals surface area contributed by atoms with Crippen LogP contribution < -0.4 is 5.32 Å². The zero-order valence-corrected chi connectivity index (χ0v) is 19.5. The second-order valence-corrected chi connectivity index (χ2v) is 9.00. The molecule has 1 N–H and O–H groups in total. The van der Waals surface area contributed by atoms with Gasteiger partial charge in [0, 0.05) is 19.3 Å². The van der Waals surface area contributed by atoms with Gasteiger partial charge in [0.1, 0.15) is 11.9 Å². The minimum absolute atomic E-state index is 0.183. The molecule has 1 atom stereocenters. The van der Waals surface area contributed by atoms with E-state index in [2.05, 4.69) is 21.5 Å². The Morgan fingerprint density at radius 1 is 1.28 bits per heavy atom. The lowest BCUT2D eigenvalue weighted by atomic mass is 10.1. The number of hydrogen-bond acceptors (Lipinski definition) is 6. The quantitative estimate of drug-likeness (QED) is 0.619. The molecule has 32 heavy (non-hydrogen) atoms. The van der Waals surface area contributed by atoms with E-state index in [-0.39, 0.29) is 18.4 Å². The molecule has 8 nitrogen and oxygen atoms in total. The molecule has 4 rings (SSSR count). The van der Waals surface area contributed by atoms with E-state index in [4.69, 9.17) is 4.74 Å². The molecule has 0 radical (unpaired) electrons. The van der Waals surface area contributed by atoms with Gasteiger partial charge in [-0.15, -0.1) is 11.3 Å². The van der Waals surface area contributed by atoms with Gasteiger partial charge in [0.25, 0.3) is 11.8 Å². The van der Waals surface area contributed by atoms with Crippen LogP contribution in [0.4, 0.5) is 0 Å². The Morgan fingerprint density at radius 2 is 2.09 bits per heavy atom. The first kappa shape index (κ1) is 22.2. The Kier molecular flexibility index (Phi) is 6.38. The molecular weight excluding hydrogens is 426 g/mol. The van der Waals surface area contributed by atoms with Crippen LogP contribution in [0.25, 0.3) is 10.4 Å². The molecule has 2 aromatic heterocycles. The third-order valence-corrected chi connectivity index (χ3v) is 6.44. The summed E-state index contributed by atoms with van der Waals surface area (Å²) in [5.74, 6) is -0.410. The first-order chi connectivity index (χ1) is 15.4. The zero-order chi connectivity index (χ0) is 22.8. The van der Waals surface area contributed by atoms with E-state index in [1.165, 1.54) is 11.3 Å². The molecule has 0 saturated carbocycles. The van der Waals surface area contributed by atoms with Gasteiger partial charge in [-0.2, -0.15) is 5.10 Å². The average Bonchev–Trinajstić information content (AvgIpc) is 3.49. The maximum atomic E-state index is 13.4. The van der Waals surface area contributed by atoms with Gasteiger partial charge >= 0.3 is 0 Å². The number of aromatic nitrogens is 3. The maximum absolute atomic E-state index is 13.4. The van der Waals surface area contributed by atoms with Crippen LogP contribution in [-0.4, -0.2) is 57.4 Å². The minimum atomic E-state index is -0.541. The van der Waals surface area contributed by atoms with E-state index in [9.17, 15) is 9.59 Å². The summed E-state index contributed by atoms with van der Waals surface area (Å²) < 4.78 is 7.49. The number of ether oxygens (including phenoxy) is 1. The highest BCUT2D eigenvalue weighted by molar-refractivity contribution is 7.15. The Balaban J connectivity index is 1.50. The maximum Gasteiger partial charge on any atom is 0.276 e. The second-order valence-electron chi connectivity index (χ2n) is 7.80. The van der Waals surface area contributed by atoms with Gasteiger partial charge in [-0.3, -0.25) is 14.3 Å². The van der Waals surface area contributed by atoms with Crippen LogP contribution in [0, 0.1) is 20.8 Å². The number of carbonyl (C=O) groups is 2. The van der Waals surface area contributed by atoms with Crippen LogP contribution in [0.2, 0.25) is 0 Å². The standard InChI is InChI=1S/C23H27N5O3S/c1-5-27-13-18(15(3)26-27)22(29)24-12-19-28(9-10-31-19)23(30)20-21(32-16(4)25-20)17-8-6-7-14(2)11-17/h6-8,11,13,19H,5,9-10,12H2,1-4H3,(H,24,29). The topological polar surface area (TPSA) is 89.4 Å². The lowest BCUT2D eigenvalue weighted by Gasteiger charge is -2.23. The van der Waals surface area contributed by atoms with Crippen LogP contribution in [0.5, 0.6) is 0 Å². The predicted octanol–water partition coefficient (Wildman–Crippen LogP) is 3.18. The fraction of sp³-hybridized carbons (Fsp3) is 0.391. The van der Waals surface area contributed by atoms with Gasteiger partial charge in [0.15, 0.2) is 0 Å². The highest BCUT2D eigenvalue weighted by Gasteiger charge is 2.33. The molecule has 1 aromatic carbocycles. The molecule has 1 unspecified atom stereocenters. The van der Waals surface area contributed by atoms with Crippen LogP contribution in [0.1, 0.15) is 44.0 Å². The first-order valence-electron chi connectivity index (χ1n) is 10.7. The number of amides is 2. The van der Waals surface area contributed by atoms with Gasteiger partial charge in [0.2, 0.25) is 0 Å². The van der Waals surface area contributed by atoms with E-state index >= 15 is 0 Å². The van der Waals surface area contributed by atoms with E-state index in [0.717, 1.165) is 21.0 Å². The molecule has 9 heteroatoms. The van der Waals surface area contributed by atoms with Crippen molar-refractivity contribution in [3.8, 4) is 10.4 Å². The number of hydrogen-bond donors (Lipinski definition) is 1. The third kappa shape index (κ3) is 4.44. The molecular formula is C23H27N5O3S. The van der Waals surface area contributed by atoms with E-state index in [1.54, 1.807) is 22.7 Å². The van der Waals surface area contributed by atoms with Crippen molar-refractivity contribution < 1.29 is 14.3 Å². The summed E-state index contributed by atoms with van der Waals surface area (Å²) in [5.41, 5.74) is 3.73. The van der Waals surface area contributed by atoms with Crippen LogP contribution >= 0.6 is 11.3 Å². The van der Waals surface area contributed by atoms with Crippen molar-refractivity contribution in [1.82, 2.24) is 25.0 Å². The summed E-state index contributed by atoms with van der Waals surface area (Å²) in [5, 5.41) is 8.03. The highest BCUT2D eigenvalue weighted by Crippen LogP contribution is 2.32. The zero-order valence-electron chi connectivity index (χ0n) is 18.7. The first-order valence-corrected chi connectivity index (χ1v) is 11.5. The summed E-state index contributed by atoms with van der Waals surface area (Å²) in [6.45, 7) is 9.46. The fourth-order valence-electron chi connectivity index (χ4n) is 3.79. The van der Waals surface area contributed by atoms with Crippen LogP contribution in [0.3, 0.4) is 0 Å². The van der Waals surface area contributed by atoms with Crippen molar-refractivity contribution in [3.05, 3.63) is 58.0 Å². The van der Waals surface area contributed by atoms with E-state index < -0.39 is 6.23 Å². The third-order valence-electron chi connectivity index (χ3n) is 5.42. The van der Waals surface area contributed by atoms with Gasteiger partial charge < -0.3 is 15.0 Å². The lowest BCUT2D eigenvalue weighted by Crippen LogP contribution is -2.44. The predicted molar refractivity (Wildman–Crippen MR) is 123 cm³/mol. The molecule has 1 fully saturated rings. The lowest BCUT2D eigenvalue weighted by molar-refractivity contribution is 0.0276. The number of thiazole rings is 1. The van der Waals surface area contributed by atoms with Crippen molar-refractivity contribution in [2.75, 3.05) is 19.7 Å². The number of nitrogens with zero attached hydrogens (tertiary/aromatic N) is 4. The molecule has 1 saturated heterocycles. The van der Waals surface area contributed by atoms with Crippen molar-refractivity contribution in [2.24, 2.45) is 0 Å². The molecule has 0 bridgehead atoms. The number of aryl methyl sites for hydroxylation is 4. The smallest absolute Gasteiger partial charge is 0.276 e. The molecule has 0 aliphatic carbocycles. The SMILES string of the molecule is CCn1cc(C(=O)NCC2OCCN2C(=O)c2nc(C)sc2-c2cccc(C)c2)c(C)n1. The molecule has 2 amide bonds. The van der Waals surface area contributed by atoms with Gasteiger partial charge in [-0.1, -0.05) is 29.8 Å². The van der Waals surface area contributed by atoms with Gasteiger partial charge in [0.05, 0.1) is 34.3 Å². The number of benzene rings is 1. The number of rotatable bonds is 6. The largest absolute Gasteiger partial charge is 0.355 e. The van der Waals surface area contributed by atoms with Crippen molar-refractivity contribution in [3.63, 3.8) is 0 Å². The van der Waals surface area contributed by atoms with Crippen molar-refractivity contribution >= 4 is 23.2 Å². The summed E-state index contributed by atoms with van der Waals surface area (Å²) in [6, 6.07) is 8.06. The second kappa shape index (κ2) is 9.22. The van der Waals surface area contributed by atoms with E-state index in [1.807, 2.05) is 39.0 Å². The summed E-state index contributed by atoms with van der Waals surface area (Å²) in [6.07, 6.45) is 1.19. The normalized spacial score (nSPS) is 15.9.